The first-order valence-electron chi connectivity index (χ1n) is 5.43. The van der Waals surface area contributed by atoms with Crippen LogP contribution in [0.1, 0.15) is 18.9 Å². The van der Waals surface area contributed by atoms with Crippen molar-refractivity contribution in [1.29, 1.82) is 0 Å². The smallest absolute Gasteiger partial charge is 0.103 e. The second kappa shape index (κ2) is 6.19. The zero-order chi connectivity index (χ0) is 13.9. The Bertz CT molecular complexity index is 409. The van der Waals surface area contributed by atoms with Crippen molar-refractivity contribution in [2.75, 3.05) is 6.61 Å². The van der Waals surface area contributed by atoms with Gasteiger partial charge in [-0.15, -0.1) is 0 Å². The van der Waals surface area contributed by atoms with Gasteiger partial charge in [0, 0.05) is 6.42 Å². The van der Waals surface area contributed by atoms with Crippen molar-refractivity contribution in [3.8, 4) is 0 Å². The molecule has 0 amide bonds. The Balaban J connectivity index is 2.88. The zero-order valence-electron chi connectivity index (χ0n) is 9.85. The van der Waals surface area contributed by atoms with Crippen molar-refractivity contribution in [1.82, 2.24) is 0 Å². The molecule has 1 aromatic carbocycles. The average Bonchev–Trinajstić information content (AvgIpc) is 2.30. The molecule has 0 aliphatic heterocycles. The van der Waals surface area contributed by atoms with Gasteiger partial charge in [0.05, 0.1) is 28.4 Å². The molecule has 0 saturated carbocycles. The van der Waals surface area contributed by atoms with Crippen LogP contribution in [0.3, 0.4) is 0 Å². The van der Waals surface area contributed by atoms with Gasteiger partial charge in [-0.2, -0.15) is 0 Å². The lowest BCUT2D eigenvalue weighted by Crippen LogP contribution is -2.36. The van der Waals surface area contributed by atoms with Crippen molar-refractivity contribution in [3.05, 3.63) is 33.8 Å². The highest BCUT2D eigenvalue weighted by Crippen LogP contribution is 2.31. The van der Waals surface area contributed by atoms with Crippen LogP contribution in [0.25, 0.3) is 0 Å². The Morgan fingerprint density at radius 2 is 1.78 bits per heavy atom. The Morgan fingerprint density at radius 1 is 1.17 bits per heavy atom. The molecule has 0 aromatic heterocycles. The number of benzene rings is 1. The predicted octanol–water partition coefficient (Wildman–Crippen LogP) is 1.31. The molecule has 2 unspecified atom stereocenters. The molecule has 4 N–H and O–H groups in total. The van der Waals surface area contributed by atoms with Crippen molar-refractivity contribution in [2.45, 2.75) is 31.2 Å². The first kappa shape index (κ1) is 15.7. The molecule has 0 aliphatic rings. The first-order chi connectivity index (χ1) is 8.27. The van der Waals surface area contributed by atoms with Crippen molar-refractivity contribution < 1.29 is 20.4 Å². The van der Waals surface area contributed by atoms with Crippen LogP contribution in [-0.2, 0) is 5.60 Å². The molecular formula is C12H16Cl2O4. The topological polar surface area (TPSA) is 80.9 Å². The molecule has 102 valence electrons. The summed E-state index contributed by atoms with van der Waals surface area (Å²) >= 11 is 11.6. The summed E-state index contributed by atoms with van der Waals surface area (Å²) in [6.45, 7) is 0.915. The lowest BCUT2D eigenvalue weighted by molar-refractivity contribution is -0.0646. The molecule has 0 bridgehead atoms. The normalized spacial score (nSPS) is 18.2. The molecule has 4 nitrogen and oxygen atoms in total. The van der Waals surface area contributed by atoms with E-state index >= 15 is 0 Å². The molecular weight excluding hydrogens is 279 g/mol. The van der Waals surface area contributed by atoms with Crippen LogP contribution in [0, 0.1) is 0 Å². The summed E-state index contributed by atoms with van der Waals surface area (Å²) in [5.74, 6) is 0. The molecule has 3 atom stereocenters. The van der Waals surface area contributed by atoms with Crippen LogP contribution in [0.5, 0.6) is 0 Å². The molecule has 6 heteroatoms. The lowest BCUT2D eigenvalue weighted by atomic mass is 9.88. The van der Waals surface area contributed by atoms with Crippen molar-refractivity contribution >= 4 is 23.2 Å². The van der Waals surface area contributed by atoms with E-state index in [1.807, 2.05) is 0 Å². The van der Waals surface area contributed by atoms with Crippen LogP contribution in [0.4, 0.5) is 0 Å². The Kier molecular flexibility index (Phi) is 5.40. The van der Waals surface area contributed by atoms with E-state index in [-0.39, 0.29) is 6.42 Å². The molecule has 0 fully saturated rings. The standard InChI is InChI=1S/C12H16Cl2O4/c1-12(18,5-10(16)11(17)6-15)7-2-3-8(13)9(14)4-7/h2-4,10-11,15-18H,5-6H2,1H3/t10?,11?,12-/m0/s1. The van der Waals surface area contributed by atoms with E-state index in [0.29, 0.717) is 15.6 Å². The van der Waals surface area contributed by atoms with Gasteiger partial charge in [0.2, 0.25) is 0 Å². The summed E-state index contributed by atoms with van der Waals surface area (Å²) in [6, 6.07) is 4.64. The maximum Gasteiger partial charge on any atom is 0.103 e. The third kappa shape index (κ3) is 3.82. The van der Waals surface area contributed by atoms with Crippen LogP contribution >= 0.6 is 23.2 Å². The van der Waals surface area contributed by atoms with Gasteiger partial charge in [0.25, 0.3) is 0 Å². The Hall–Kier alpha value is -0.360. The number of aliphatic hydroxyl groups excluding tert-OH is 3. The van der Waals surface area contributed by atoms with E-state index in [0.717, 1.165) is 0 Å². The minimum atomic E-state index is -1.39. The van der Waals surface area contributed by atoms with E-state index < -0.39 is 24.4 Å². The quantitative estimate of drug-likeness (QED) is 0.660. The largest absolute Gasteiger partial charge is 0.394 e. The summed E-state index contributed by atoms with van der Waals surface area (Å²) in [7, 11) is 0. The van der Waals surface area contributed by atoms with E-state index in [2.05, 4.69) is 0 Å². The van der Waals surface area contributed by atoms with E-state index in [1.54, 1.807) is 12.1 Å². The summed E-state index contributed by atoms with van der Waals surface area (Å²) < 4.78 is 0. The van der Waals surface area contributed by atoms with Crippen LogP contribution in [-0.4, -0.2) is 39.2 Å². The lowest BCUT2D eigenvalue weighted by Gasteiger charge is -2.28. The molecule has 0 saturated heterocycles. The molecule has 0 aliphatic carbocycles. The SMILES string of the molecule is C[C@](O)(CC(O)C(O)CO)c1ccc(Cl)c(Cl)c1. The van der Waals surface area contributed by atoms with E-state index in [9.17, 15) is 15.3 Å². The average molecular weight is 295 g/mol. The summed E-state index contributed by atoms with van der Waals surface area (Å²) in [5, 5.41) is 38.5. The maximum atomic E-state index is 10.3. The van der Waals surface area contributed by atoms with Gasteiger partial charge in [-0.05, 0) is 24.6 Å². The Labute approximate surface area is 115 Å². The van der Waals surface area contributed by atoms with Gasteiger partial charge in [-0.25, -0.2) is 0 Å². The van der Waals surface area contributed by atoms with E-state index in [4.69, 9.17) is 28.3 Å². The van der Waals surface area contributed by atoms with Gasteiger partial charge in [-0.3, -0.25) is 0 Å². The monoisotopic (exact) mass is 294 g/mol. The second-order valence-electron chi connectivity index (χ2n) is 4.42. The maximum absolute atomic E-state index is 10.3. The minimum absolute atomic E-state index is 0.132. The van der Waals surface area contributed by atoms with Crippen molar-refractivity contribution in [2.24, 2.45) is 0 Å². The molecule has 0 heterocycles. The van der Waals surface area contributed by atoms with Gasteiger partial charge in [0.1, 0.15) is 6.10 Å². The third-order valence-electron chi connectivity index (χ3n) is 2.78. The fourth-order valence-corrected chi connectivity index (χ4v) is 1.91. The highest BCUT2D eigenvalue weighted by atomic mass is 35.5. The summed E-state index contributed by atoms with van der Waals surface area (Å²) in [6.07, 6.45) is -2.66. The molecule has 1 aromatic rings. The van der Waals surface area contributed by atoms with Gasteiger partial charge < -0.3 is 20.4 Å². The number of hydrogen-bond acceptors (Lipinski definition) is 4. The highest BCUT2D eigenvalue weighted by molar-refractivity contribution is 6.42. The Morgan fingerprint density at radius 3 is 2.28 bits per heavy atom. The van der Waals surface area contributed by atoms with Gasteiger partial charge >= 0.3 is 0 Å². The predicted molar refractivity (Wildman–Crippen MR) is 69.7 cm³/mol. The fraction of sp³-hybridized carbons (Fsp3) is 0.500. The number of aliphatic hydroxyl groups is 4. The second-order valence-corrected chi connectivity index (χ2v) is 5.24. The van der Waals surface area contributed by atoms with Crippen LogP contribution < -0.4 is 0 Å². The molecule has 1 rings (SSSR count). The molecule has 18 heavy (non-hydrogen) atoms. The minimum Gasteiger partial charge on any atom is -0.394 e. The number of rotatable bonds is 5. The summed E-state index contributed by atoms with van der Waals surface area (Å²) in [4.78, 5) is 0. The van der Waals surface area contributed by atoms with Crippen LogP contribution in [0.15, 0.2) is 18.2 Å². The summed E-state index contributed by atoms with van der Waals surface area (Å²) in [5.41, 5.74) is -0.912. The molecule has 0 radical (unpaired) electrons. The zero-order valence-corrected chi connectivity index (χ0v) is 11.4. The van der Waals surface area contributed by atoms with E-state index in [1.165, 1.54) is 13.0 Å². The van der Waals surface area contributed by atoms with Gasteiger partial charge in [-0.1, -0.05) is 29.3 Å². The number of hydrogen-bond donors (Lipinski definition) is 4. The fourth-order valence-electron chi connectivity index (χ4n) is 1.61. The third-order valence-corrected chi connectivity index (χ3v) is 3.52. The van der Waals surface area contributed by atoms with Crippen molar-refractivity contribution in [3.63, 3.8) is 0 Å². The molecule has 0 spiro atoms. The van der Waals surface area contributed by atoms with Crippen LogP contribution in [0.2, 0.25) is 10.0 Å². The highest BCUT2D eigenvalue weighted by Gasteiger charge is 2.30. The van der Waals surface area contributed by atoms with Gasteiger partial charge in [0.15, 0.2) is 0 Å². The first-order valence-corrected chi connectivity index (χ1v) is 6.18. The number of halogens is 2.